The van der Waals surface area contributed by atoms with Crippen molar-refractivity contribution in [3.63, 3.8) is 0 Å². The van der Waals surface area contributed by atoms with Gasteiger partial charge < -0.3 is 23.8 Å². The Bertz CT molecular complexity index is 1620. The Morgan fingerprint density at radius 3 is 2.40 bits per heavy atom. The van der Waals surface area contributed by atoms with Gasteiger partial charge in [0.05, 0.1) is 43.7 Å². The van der Waals surface area contributed by atoms with E-state index in [0.29, 0.717) is 74.4 Å². The Kier molecular flexibility index (Phi) is 8.99. The summed E-state index contributed by atoms with van der Waals surface area (Å²) in [6.45, 7) is 9.04. The third-order valence-corrected chi connectivity index (χ3v) is 7.82. The van der Waals surface area contributed by atoms with E-state index >= 15 is 0 Å². The molecule has 212 valence electrons. The molecule has 1 atom stereocenters. The summed E-state index contributed by atoms with van der Waals surface area (Å²) in [6.07, 6.45) is 1.78. The number of carbonyl (C=O) groups excluding carboxylic acids is 1. The largest absolute Gasteiger partial charge is 0.497 e. The van der Waals surface area contributed by atoms with Crippen molar-refractivity contribution in [3.8, 4) is 23.0 Å². The minimum absolute atomic E-state index is 0.179. The number of nitrogens with zero attached hydrogens (tertiary/aromatic N) is 3. The number of carbonyl (C=O) groups is 1. The number of fused-ring (bicyclic) bond motifs is 1. The number of benzene rings is 2. The molecule has 0 bridgehead atoms. The first-order chi connectivity index (χ1) is 19.3. The Labute approximate surface area is 237 Å². The number of hydrogen-bond acceptors (Lipinski definition) is 8. The molecule has 2 aromatic carbocycles. The van der Waals surface area contributed by atoms with Gasteiger partial charge >= 0.3 is 0 Å². The monoisotopic (exact) mass is 565 g/mol. The van der Waals surface area contributed by atoms with Crippen molar-refractivity contribution >= 4 is 23.3 Å². The van der Waals surface area contributed by atoms with Crippen LogP contribution in [-0.4, -0.2) is 56.4 Å². The Hall–Kier alpha value is -4.05. The van der Waals surface area contributed by atoms with E-state index in [1.54, 1.807) is 49.0 Å². The second-order valence-corrected chi connectivity index (χ2v) is 9.99. The molecule has 1 aliphatic heterocycles. The van der Waals surface area contributed by atoms with Crippen LogP contribution in [0.4, 0.5) is 0 Å². The molecule has 1 aromatic heterocycles. The molecule has 0 N–H and O–H groups in total. The molecular formula is C30H35N3O6S. The average Bonchev–Trinajstić information content (AvgIpc) is 3.27. The molecule has 2 heterocycles. The first-order valence-corrected chi connectivity index (χ1v) is 14.0. The highest BCUT2D eigenvalue weighted by Gasteiger charge is 2.36. The first kappa shape index (κ1) is 28.9. The quantitative estimate of drug-likeness (QED) is 0.374. The maximum atomic E-state index is 14.2. The Balaban J connectivity index is 2.03. The lowest BCUT2D eigenvalue weighted by Gasteiger charge is -2.30. The molecule has 1 aliphatic rings. The van der Waals surface area contributed by atoms with Crippen LogP contribution >= 0.6 is 11.3 Å². The number of aromatic nitrogens is 1. The number of ether oxygens (including phenoxy) is 4. The summed E-state index contributed by atoms with van der Waals surface area (Å²) >= 11 is 1.26. The van der Waals surface area contributed by atoms with Crippen LogP contribution in [0, 0.1) is 0 Å². The normalized spacial score (nSPS) is 14.9. The van der Waals surface area contributed by atoms with Gasteiger partial charge in [0, 0.05) is 24.2 Å². The van der Waals surface area contributed by atoms with Gasteiger partial charge in [0.15, 0.2) is 16.3 Å². The summed E-state index contributed by atoms with van der Waals surface area (Å²) < 4.78 is 24.6. The van der Waals surface area contributed by atoms with Gasteiger partial charge in [-0.1, -0.05) is 23.5 Å². The SMILES string of the molecule is CCOc1c(/C=c2/sc3n(c2=O)[C@H](c2cc(OC)ccc2OC)C(C(=O)N(CC)CC)=C(C)N=3)cccc1OC. The second-order valence-electron chi connectivity index (χ2n) is 8.98. The Morgan fingerprint density at radius 1 is 1.05 bits per heavy atom. The third-order valence-electron chi connectivity index (χ3n) is 6.84. The summed E-state index contributed by atoms with van der Waals surface area (Å²) in [5.41, 5.74) is 2.04. The first-order valence-electron chi connectivity index (χ1n) is 13.2. The van der Waals surface area contributed by atoms with E-state index in [-0.39, 0.29) is 11.5 Å². The molecule has 0 saturated heterocycles. The van der Waals surface area contributed by atoms with Crippen molar-refractivity contribution in [1.82, 2.24) is 9.47 Å². The van der Waals surface area contributed by atoms with E-state index in [9.17, 15) is 9.59 Å². The molecule has 3 aromatic rings. The predicted octanol–water partition coefficient (Wildman–Crippen LogP) is 3.53. The van der Waals surface area contributed by atoms with Gasteiger partial charge in [0.25, 0.3) is 11.5 Å². The lowest BCUT2D eigenvalue weighted by Crippen LogP contribution is -2.43. The molecular weight excluding hydrogens is 530 g/mol. The summed E-state index contributed by atoms with van der Waals surface area (Å²) in [7, 11) is 4.72. The van der Waals surface area contributed by atoms with E-state index in [2.05, 4.69) is 0 Å². The van der Waals surface area contributed by atoms with Crippen LogP contribution in [0.25, 0.3) is 6.08 Å². The molecule has 4 rings (SSSR count). The molecule has 0 fully saturated rings. The van der Waals surface area contributed by atoms with Crippen LogP contribution in [0.1, 0.15) is 44.9 Å². The van der Waals surface area contributed by atoms with E-state index in [0.717, 1.165) is 0 Å². The molecule has 40 heavy (non-hydrogen) atoms. The van der Waals surface area contributed by atoms with E-state index in [1.165, 1.54) is 11.3 Å². The zero-order valence-electron chi connectivity index (χ0n) is 23.9. The van der Waals surface area contributed by atoms with Crippen LogP contribution in [0.5, 0.6) is 23.0 Å². The summed E-state index contributed by atoms with van der Waals surface area (Å²) in [6, 6.07) is 10.1. The van der Waals surface area contributed by atoms with Gasteiger partial charge in [-0.3, -0.25) is 14.2 Å². The minimum Gasteiger partial charge on any atom is -0.497 e. The van der Waals surface area contributed by atoms with Gasteiger partial charge in [-0.2, -0.15) is 0 Å². The zero-order chi connectivity index (χ0) is 29.0. The van der Waals surface area contributed by atoms with Crippen molar-refractivity contribution in [2.75, 3.05) is 41.0 Å². The van der Waals surface area contributed by atoms with Crippen molar-refractivity contribution < 1.29 is 23.7 Å². The van der Waals surface area contributed by atoms with Crippen LogP contribution in [0.15, 0.2) is 57.5 Å². The number of thiazole rings is 1. The highest BCUT2D eigenvalue weighted by Crippen LogP contribution is 2.38. The second kappa shape index (κ2) is 12.4. The number of allylic oxidation sites excluding steroid dienone is 1. The number of hydrogen-bond donors (Lipinski definition) is 0. The minimum atomic E-state index is -0.770. The molecule has 9 nitrogen and oxygen atoms in total. The number of para-hydroxylation sites is 1. The summed E-state index contributed by atoms with van der Waals surface area (Å²) in [5.74, 6) is 2.07. The van der Waals surface area contributed by atoms with Crippen molar-refractivity contribution in [3.05, 3.63) is 78.5 Å². The third kappa shape index (κ3) is 5.23. The molecule has 0 spiro atoms. The van der Waals surface area contributed by atoms with E-state index < -0.39 is 6.04 Å². The van der Waals surface area contributed by atoms with Gasteiger partial charge in [-0.05, 0) is 58.0 Å². The van der Waals surface area contributed by atoms with Crippen LogP contribution in [-0.2, 0) is 4.79 Å². The molecule has 0 unspecified atom stereocenters. The number of likely N-dealkylation sites (N-methyl/N-ethyl adjacent to an activating group) is 1. The maximum Gasteiger partial charge on any atom is 0.271 e. The van der Waals surface area contributed by atoms with Gasteiger partial charge in [0.2, 0.25) is 0 Å². The standard InChI is InChI=1S/C30H35N3O6S/c1-8-32(9-2)29(35)25-18(4)31-30-33(26(25)21-17-20(36-5)14-15-22(21)37-6)28(34)24(40-30)16-19-12-11-13-23(38-7)27(19)39-10-3/h11-17,26H,8-10H2,1-7H3/b24-16+/t26-/m1/s1. The molecule has 0 aliphatic carbocycles. The fourth-order valence-corrected chi connectivity index (χ4v) is 5.91. The average molecular weight is 566 g/mol. The Morgan fingerprint density at radius 2 is 1.77 bits per heavy atom. The van der Waals surface area contributed by atoms with E-state index in [4.69, 9.17) is 23.9 Å². The zero-order valence-corrected chi connectivity index (χ0v) is 24.8. The lowest BCUT2D eigenvalue weighted by molar-refractivity contribution is -0.127. The van der Waals surface area contributed by atoms with Crippen LogP contribution in [0.3, 0.4) is 0 Å². The predicted molar refractivity (Wildman–Crippen MR) is 155 cm³/mol. The molecule has 0 saturated carbocycles. The molecule has 0 radical (unpaired) electrons. The summed E-state index contributed by atoms with van der Waals surface area (Å²) in [4.78, 5) is 35.0. The fourth-order valence-electron chi connectivity index (χ4n) is 4.87. The lowest BCUT2D eigenvalue weighted by atomic mass is 9.93. The van der Waals surface area contributed by atoms with Gasteiger partial charge in [0.1, 0.15) is 17.5 Å². The topological polar surface area (TPSA) is 91.6 Å². The highest BCUT2D eigenvalue weighted by molar-refractivity contribution is 7.07. The molecule has 10 heteroatoms. The van der Waals surface area contributed by atoms with Crippen LogP contribution < -0.4 is 33.8 Å². The highest BCUT2D eigenvalue weighted by atomic mass is 32.1. The fraction of sp³-hybridized carbons (Fsp3) is 0.367. The number of amides is 1. The van der Waals surface area contributed by atoms with Crippen LogP contribution in [0.2, 0.25) is 0 Å². The number of rotatable bonds is 10. The van der Waals surface area contributed by atoms with Gasteiger partial charge in [-0.25, -0.2) is 4.99 Å². The van der Waals surface area contributed by atoms with Crippen molar-refractivity contribution in [2.45, 2.75) is 33.7 Å². The number of methoxy groups -OCH3 is 3. The van der Waals surface area contributed by atoms with Crippen molar-refractivity contribution in [1.29, 1.82) is 0 Å². The van der Waals surface area contributed by atoms with Gasteiger partial charge in [-0.15, -0.1) is 0 Å². The smallest absolute Gasteiger partial charge is 0.271 e. The summed E-state index contributed by atoms with van der Waals surface area (Å²) in [5, 5.41) is 0. The maximum absolute atomic E-state index is 14.2. The van der Waals surface area contributed by atoms with E-state index in [1.807, 2.05) is 52.0 Å². The van der Waals surface area contributed by atoms with Crippen molar-refractivity contribution in [2.24, 2.45) is 4.99 Å². The molecule has 1 amide bonds.